The van der Waals surface area contributed by atoms with Gasteiger partial charge in [-0.15, -0.1) is 11.3 Å². The van der Waals surface area contributed by atoms with Crippen LogP contribution in [0.25, 0.3) is 21.3 Å². The molecule has 4 aromatic rings. The number of benzene rings is 2. The molecule has 3 amide bonds. The fourth-order valence-electron chi connectivity index (χ4n) is 5.94. The molecular formula is C35H40N6O4S. The summed E-state index contributed by atoms with van der Waals surface area (Å²) in [5, 5.41) is 3.84. The highest BCUT2D eigenvalue weighted by Gasteiger charge is 2.37. The van der Waals surface area contributed by atoms with Crippen molar-refractivity contribution in [3.63, 3.8) is 0 Å². The summed E-state index contributed by atoms with van der Waals surface area (Å²) in [5.41, 5.74) is 2.21. The van der Waals surface area contributed by atoms with E-state index >= 15 is 0 Å². The number of carbonyl (C=O) groups is 3. The van der Waals surface area contributed by atoms with Gasteiger partial charge in [0.2, 0.25) is 11.9 Å². The fourth-order valence-corrected chi connectivity index (χ4v) is 6.90. The summed E-state index contributed by atoms with van der Waals surface area (Å²) in [4.78, 5) is 56.7. The molecule has 2 aliphatic heterocycles. The summed E-state index contributed by atoms with van der Waals surface area (Å²) in [5.74, 6) is 0.639. The van der Waals surface area contributed by atoms with Crippen molar-refractivity contribution in [1.82, 2.24) is 19.8 Å². The Balaban J connectivity index is 1.16. The van der Waals surface area contributed by atoms with Gasteiger partial charge < -0.3 is 14.5 Å². The molecule has 2 aliphatic rings. The molecule has 2 fully saturated rings. The van der Waals surface area contributed by atoms with E-state index in [1.807, 2.05) is 68.1 Å². The average molecular weight is 641 g/mol. The summed E-state index contributed by atoms with van der Waals surface area (Å²) >= 11 is 1.58. The standard InChI is InChI=1S/C35H40N6O4S/c1-5-26-22-27-29(36-33(38-31(27)46-26)37-30(42)28-12-9-17-41(28)34(44)45-35(2,3)4)39-18-20-40(21-19-39)32(43)25-15-13-24(14-16-25)23-10-7-6-8-11-23/h6-8,10-11,13-16,22,28H,5,9,12,17-21H2,1-4H3,(H,36,37,38,42)/t28-/m1/s1. The highest BCUT2D eigenvalue weighted by atomic mass is 32.1. The lowest BCUT2D eigenvalue weighted by Crippen LogP contribution is -2.49. The Hall–Kier alpha value is -4.51. The van der Waals surface area contributed by atoms with Gasteiger partial charge in [-0.25, -0.2) is 9.78 Å². The number of fused-ring (bicyclic) bond motifs is 1. The number of piperazine rings is 1. The lowest BCUT2D eigenvalue weighted by molar-refractivity contribution is -0.120. The molecule has 2 saturated heterocycles. The van der Waals surface area contributed by atoms with E-state index in [0.717, 1.165) is 33.6 Å². The molecule has 4 heterocycles. The van der Waals surface area contributed by atoms with Crippen LogP contribution in [0.15, 0.2) is 60.7 Å². The zero-order chi connectivity index (χ0) is 32.4. The van der Waals surface area contributed by atoms with Gasteiger partial charge in [-0.3, -0.25) is 19.8 Å². The minimum atomic E-state index is -0.651. The molecule has 0 spiro atoms. The minimum Gasteiger partial charge on any atom is -0.444 e. The number of rotatable bonds is 6. The Morgan fingerprint density at radius 2 is 1.63 bits per heavy atom. The van der Waals surface area contributed by atoms with Gasteiger partial charge in [0.25, 0.3) is 5.91 Å². The van der Waals surface area contributed by atoms with Crippen LogP contribution in [0.4, 0.5) is 16.6 Å². The molecule has 0 unspecified atom stereocenters. The van der Waals surface area contributed by atoms with E-state index in [4.69, 9.17) is 14.7 Å². The number of ether oxygens (including phenoxy) is 1. The second-order valence-electron chi connectivity index (χ2n) is 12.7. The van der Waals surface area contributed by atoms with Crippen molar-refractivity contribution in [3.8, 4) is 11.1 Å². The number of amides is 3. The van der Waals surface area contributed by atoms with Gasteiger partial charge in [-0.2, -0.15) is 4.98 Å². The van der Waals surface area contributed by atoms with Crippen molar-refractivity contribution >= 4 is 51.2 Å². The maximum Gasteiger partial charge on any atom is 0.410 e. The zero-order valence-electron chi connectivity index (χ0n) is 26.8. The number of hydrogen-bond donors (Lipinski definition) is 1. The Morgan fingerprint density at radius 1 is 0.935 bits per heavy atom. The van der Waals surface area contributed by atoms with E-state index in [0.29, 0.717) is 51.1 Å². The van der Waals surface area contributed by atoms with Gasteiger partial charge in [0.15, 0.2) is 0 Å². The summed E-state index contributed by atoms with van der Waals surface area (Å²) in [6, 6.07) is 19.4. The summed E-state index contributed by atoms with van der Waals surface area (Å²) < 4.78 is 5.54. The molecule has 1 atom stereocenters. The van der Waals surface area contributed by atoms with Gasteiger partial charge in [0.1, 0.15) is 22.3 Å². The molecule has 240 valence electrons. The molecule has 6 rings (SSSR count). The molecule has 2 aromatic heterocycles. The highest BCUT2D eigenvalue weighted by Crippen LogP contribution is 2.33. The topological polar surface area (TPSA) is 108 Å². The van der Waals surface area contributed by atoms with Gasteiger partial charge in [0, 0.05) is 43.2 Å². The van der Waals surface area contributed by atoms with Crippen molar-refractivity contribution in [2.75, 3.05) is 42.9 Å². The van der Waals surface area contributed by atoms with Crippen molar-refractivity contribution < 1.29 is 19.1 Å². The predicted molar refractivity (Wildman–Crippen MR) is 181 cm³/mol. The molecule has 11 heteroatoms. The maximum absolute atomic E-state index is 13.4. The normalized spacial score (nSPS) is 17.0. The van der Waals surface area contributed by atoms with E-state index < -0.39 is 17.7 Å². The third-order valence-electron chi connectivity index (χ3n) is 8.30. The molecule has 1 N–H and O–H groups in total. The lowest BCUT2D eigenvalue weighted by atomic mass is 10.0. The van der Waals surface area contributed by atoms with Gasteiger partial charge in [0.05, 0.1) is 5.39 Å². The largest absolute Gasteiger partial charge is 0.444 e. The number of aromatic nitrogens is 2. The van der Waals surface area contributed by atoms with Crippen molar-refractivity contribution in [1.29, 1.82) is 0 Å². The Morgan fingerprint density at radius 3 is 2.30 bits per heavy atom. The molecule has 0 bridgehead atoms. The molecule has 46 heavy (non-hydrogen) atoms. The second-order valence-corrected chi connectivity index (χ2v) is 13.8. The van der Waals surface area contributed by atoms with Gasteiger partial charge in [-0.1, -0.05) is 49.4 Å². The van der Waals surface area contributed by atoms with E-state index in [2.05, 4.69) is 35.3 Å². The molecule has 10 nitrogen and oxygen atoms in total. The van der Waals surface area contributed by atoms with Crippen LogP contribution >= 0.6 is 11.3 Å². The zero-order valence-corrected chi connectivity index (χ0v) is 27.6. The second kappa shape index (κ2) is 13.1. The van der Waals surface area contributed by atoms with Crippen LogP contribution < -0.4 is 10.2 Å². The lowest BCUT2D eigenvalue weighted by Gasteiger charge is -2.35. The van der Waals surface area contributed by atoms with Crippen LogP contribution in [0.5, 0.6) is 0 Å². The van der Waals surface area contributed by atoms with Crippen LogP contribution in [0.3, 0.4) is 0 Å². The number of carbonyl (C=O) groups excluding carboxylic acids is 3. The Kier molecular flexibility index (Phi) is 8.95. The molecule has 2 aromatic carbocycles. The first-order chi connectivity index (χ1) is 22.1. The summed E-state index contributed by atoms with van der Waals surface area (Å²) in [6.07, 6.45) is 1.63. The van der Waals surface area contributed by atoms with Crippen LogP contribution in [0.1, 0.15) is 55.8 Å². The van der Waals surface area contributed by atoms with Crippen molar-refractivity contribution in [2.24, 2.45) is 0 Å². The number of hydrogen-bond acceptors (Lipinski definition) is 8. The summed E-state index contributed by atoms with van der Waals surface area (Å²) in [7, 11) is 0. The number of thiophene rings is 1. The molecule has 0 aliphatic carbocycles. The highest BCUT2D eigenvalue weighted by molar-refractivity contribution is 7.18. The maximum atomic E-state index is 13.4. The molecular weight excluding hydrogens is 600 g/mol. The Labute approximate surface area is 273 Å². The van der Waals surface area contributed by atoms with Crippen LogP contribution in [-0.4, -0.2) is 82.0 Å². The smallest absolute Gasteiger partial charge is 0.410 e. The fraction of sp³-hybridized carbons (Fsp3) is 0.400. The van der Waals surface area contributed by atoms with Crippen LogP contribution in [0, 0.1) is 0 Å². The predicted octanol–water partition coefficient (Wildman–Crippen LogP) is 6.22. The average Bonchev–Trinajstić information content (AvgIpc) is 3.72. The third kappa shape index (κ3) is 6.84. The van der Waals surface area contributed by atoms with Crippen LogP contribution in [-0.2, 0) is 16.0 Å². The molecule has 0 saturated carbocycles. The number of aryl methyl sites for hydroxylation is 1. The first-order valence-electron chi connectivity index (χ1n) is 15.9. The van der Waals surface area contributed by atoms with E-state index in [1.54, 1.807) is 11.3 Å². The van der Waals surface area contributed by atoms with Crippen LogP contribution in [0.2, 0.25) is 0 Å². The first-order valence-corrected chi connectivity index (χ1v) is 16.7. The van der Waals surface area contributed by atoms with Crippen molar-refractivity contribution in [3.05, 3.63) is 71.1 Å². The number of likely N-dealkylation sites (tertiary alicyclic amines) is 1. The number of nitrogens with zero attached hydrogens (tertiary/aromatic N) is 5. The third-order valence-corrected chi connectivity index (χ3v) is 9.47. The monoisotopic (exact) mass is 640 g/mol. The SMILES string of the molecule is CCc1cc2c(N3CCN(C(=O)c4ccc(-c5ccccc5)cc4)CC3)nc(NC(=O)[C@H]3CCCN3C(=O)OC(C)(C)C)nc2s1. The van der Waals surface area contributed by atoms with E-state index in [1.165, 1.54) is 9.78 Å². The van der Waals surface area contributed by atoms with Gasteiger partial charge in [-0.05, 0) is 69.4 Å². The molecule has 0 radical (unpaired) electrons. The number of anilines is 2. The first kappa shape index (κ1) is 31.5. The summed E-state index contributed by atoms with van der Waals surface area (Å²) in [6.45, 7) is 10.3. The van der Waals surface area contributed by atoms with E-state index in [-0.39, 0.29) is 17.8 Å². The van der Waals surface area contributed by atoms with Crippen molar-refractivity contribution in [2.45, 2.75) is 58.6 Å². The van der Waals surface area contributed by atoms with Gasteiger partial charge >= 0.3 is 6.09 Å². The van der Waals surface area contributed by atoms with E-state index in [9.17, 15) is 14.4 Å². The Bertz CT molecular complexity index is 1730. The number of nitrogens with one attached hydrogen (secondary N) is 1. The minimum absolute atomic E-state index is 0.00922. The quantitative estimate of drug-likeness (QED) is 0.267.